The van der Waals surface area contributed by atoms with Crippen molar-refractivity contribution in [2.75, 3.05) is 0 Å². The number of thiol groups is 1. The summed E-state index contributed by atoms with van der Waals surface area (Å²) in [4.78, 5) is 12.1. The average molecular weight is 336 g/mol. The molecule has 0 saturated carbocycles. The minimum absolute atomic E-state index is 0.0701. The highest BCUT2D eigenvalue weighted by Crippen LogP contribution is 2.34. The van der Waals surface area contributed by atoms with Crippen LogP contribution in [-0.4, -0.2) is 0 Å². The van der Waals surface area contributed by atoms with Crippen LogP contribution < -0.4 is 5.63 Å². The van der Waals surface area contributed by atoms with Crippen molar-refractivity contribution in [3.63, 3.8) is 0 Å². The molecule has 23 heavy (non-hydrogen) atoms. The lowest BCUT2D eigenvalue weighted by Gasteiger charge is -2.10. The molecule has 0 aliphatic heterocycles. The third-order valence-electron chi connectivity index (χ3n) is 3.46. The van der Waals surface area contributed by atoms with Crippen LogP contribution in [0.15, 0.2) is 62.6 Å². The molecule has 3 rings (SSSR count). The summed E-state index contributed by atoms with van der Waals surface area (Å²) < 4.78 is 44.2. The zero-order valence-corrected chi connectivity index (χ0v) is 12.6. The molecule has 1 heterocycles. The third kappa shape index (κ3) is 3.42. The Kier molecular flexibility index (Phi) is 3.93. The van der Waals surface area contributed by atoms with Gasteiger partial charge in [-0.2, -0.15) is 13.2 Å². The van der Waals surface area contributed by atoms with Gasteiger partial charge >= 0.3 is 11.8 Å². The molecule has 6 heteroatoms. The Labute approximate surface area is 135 Å². The highest BCUT2D eigenvalue weighted by Gasteiger charge is 2.33. The number of rotatable bonds is 2. The summed E-state index contributed by atoms with van der Waals surface area (Å²) in [7, 11) is 0. The maximum atomic E-state index is 13.1. The topological polar surface area (TPSA) is 30.2 Å². The van der Waals surface area contributed by atoms with Crippen LogP contribution in [0, 0.1) is 0 Å². The highest BCUT2D eigenvalue weighted by atomic mass is 32.1. The van der Waals surface area contributed by atoms with E-state index in [2.05, 4.69) is 12.6 Å². The Bertz CT molecular complexity index is 912. The number of hydrogen-bond donors (Lipinski definition) is 1. The van der Waals surface area contributed by atoms with Gasteiger partial charge in [-0.25, -0.2) is 4.79 Å². The second-order valence-electron chi connectivity index (χ2n) is 5.15. The molecule has 0 radical (unpaired) electrons. The van der Waals surface area contributed by atoms with E-state index >= 15 is 0 Å². The minimum atomic E-state index is -4.61. The summed E-state index contributed by atoms with van der Waals surface area (Å²) in [5, 5.41) is -0.111. The second kappa shape index (κ2) is 5.77. The van der Waals surface area contributed by atoms with Gasteiger partial charge in [-0.05, 0) is 41.8 Å². The van der Waals surface area contributed by atoms with Crippen molar-refractivity contribution in [3.05, 3.63) is 75.6 Å². The molecule has 3 aromatic rings. The Balaban J connectivity index is 2.09. The van der Waals surface area contributed by atoms with Crippen molar-refractivity contribution >= 4 is 23.6 Å². The molecule has 0 atom stereocenters. The number of benzene rings is 2. The maximum absolute atomic E-state index is 13.1. The van der Waals surface area contributed by atoms with Gasteiger partial charge < -0.3 is 4.42 Å². The molecule has 0 spiro atoms. The largest absolute Gasteiger partial charge is 0.423 e. The molecule has 0 aliphatic rings. The van der Waals surface area contributed by atoms with Crippen LogP contribution >= 0.6 is 12.6 Å². The van der Waals surface area contributed by atoms with Crippen LogP contribution in [0.5, 0.6) is 0 Å². The number of halogens is 3. The normalized spacial score (nSPS) is 11.8. The second-order valence-corrected chi connectivity index (χ2v) is 5.67. The predicted molar refractivity (Wildman–Crippen MR) is 84.0 cm³/mol. The van der Waals surface area contributed by atoms with Gasteiger partial charge in [0, 0.05) is 16.3 Å². The molecular weight excluding hydrogens is 325 g/mol. The lowest BCUT2D eigenvalue weighted by Crippen LogP contribution is -2.11. The standard InChI is InChI=1S/C17H11F3O2S/c18-17(19,20)14-9-16(21)22-15-6-3-11(8-13(14)15)7-10-1-4-12(23)5-2-10/h1-6,8-9,23H,7H2. The molecule has 1 aromatic heterocycles. The van der Waals surface area contributed by atoms with Gasteiger partial charge in [-0.3, -0.25) is 0 Å². The molecule has 118 valence electrons. The number of alkyl halides is 3. The van der Waals surface area contributed by atoms with Crippen molar-refractivity contribution < 1.29 is 17.6 Å². The van der Waals surface area contributed by atoms with Gasteiger partial charge in [-0.15, -0.1) is 12.6 Å². The summed E-state index contributed by atoms with van der Waals surface area (Å²) in [6, 6.07) is 12.3. The molecule has 0 bridgehead atoms. The lowest BCUT2D eigenvalue weighted by atomic mass is 10.0. The van der Waals surface area contributed by atoms with Gasteiger partial charge in [0.15, 0.2) is 0 Å². The zero-order valence-electron chi connectivity index (χ0n) is 11.7. The van der Waals surface area contributed by atoms with Crippen LogP contribution in [0.2, 0.25) is 0 Å². The Hall–Kier alpha value is -2.21. The summed E-state index contributed by atoms with van der Waals surface area (Å²) >= 11 is 4.19. The maximum Gasteiger partial charge on any atom is 0.417 e. The summed E-state index contributed by atoms with van der Waals surface area (Å²) in [5.41, 5.74) is -0.408. The lowest BCUT2D eigenvalue weighted by molar-refractivity contribution is -0.136. The molecule has 0 unspecified atom stereocenters. The zero-order chi connectivity index (χ0) is 16.6. The molecule has 0 N–H and O–H groups in total. The van der Waals surface area contributed by atoms with Gasteiger partial charge in [-0.1, -0.05) is 18.2 Å². The minimum Gasteiger partial charge on any atom is -0.423 e. The first-order valence-corrected chi connectivity index (χ1v) is 7.19. The number of fused-ring (bicyclic) bond motifs is 1. The van der Waals surface area contributed by atoms with E-state index in [1.807, 2.05) is 24.3 Å². The van der Waals surface area contributed by atoms with Gasteiger partial charge in [0.25, 0.3) is 0 Å². The Morgan fingerprint density at radius 2 is 1.61 bits per heavy atom. The summed E-state index contributed by atoms with van der Waals surface area (Å²) in [6.45, 7) is 0. The van der Waals surface area contributed by atoms with E-state index in [-0.39, 0.29) is 11.0 Å². The third-order valence-corrected chi connectivity index (χ3v) is 3.76. The molecule has 0 amide bonds. The van der Waals surface area contributed by atoms with E-state index in [0.717, 1.165) is 10.5 Å². The average Bonchev–Trinajstić information content (AvgIpc) is 2.48. The number of hydrogen-bond acceptors (Lipinski definition) is 3. The first kappa shape index (κ1) is 15.7. The van der Waals surface area contributed by atoms with Crippen molar-refractivity contribution in [3.8, 4) is 0 Å². The molecule has 0 saturated heterocycles. The van der Waals surface area contributed by atoms with E-state index in [9.17, 15) is 18.0 Å². The Morgan fingerprint density at radius 1 is 0.957 bits per heavy atom. The van der Waals surface area contributed by atoms with Crippen LogP contribution in [0.3, 0.4) is 0 Å². The van der Waals surface area contributed by atoms with E-state index < -0.39 is 17.4 Å². The summed E-state index contributed by atoms with van der Waals surface area (Å²) in [6.07, 6.45) is -4.14. The van der Waals surface area contributed by atoms with Crippen LogP contribution in [0.1, 0.15) is 16.7 Å². The molecule has 2 aromatic carbocycles. The Morgan fingerprint density at radius 3 is 2.26 bits per heavy atom. The molecule has 2 nitrogen and oxygen atoms in total. The smallest absolute Gasteiger partial charge is 0.417 e. The SMILES string of the molecule is O=c1cc(C(F)(F)F)c2cc(Cc3ccc(S)cc3)ccc2o1. The van der Waals surface area contributed by atoms with E-state index in [4.69, 9.17) is 4.42 Å². The highest BCUT2D eigenvalue weighted by molar-refractivity contribution is 7.80. The van der Waals surface area contributed by atoms with Gasteiger partial charge in [0.2, 0.25) is 0 Å². The van der Waals surface area contributed by atoms with Crippen LogP contribution in [-0.2, 0) is 12.6 Å². The first-order chi connectivity index (χ1) is 10.8. The van der Waals surface area contributed by atoms with Crippen LogP contribution in [0.4, 0.5) is 13.2 Å². The van der Waals surface area contributed by atoms with Gasteiger partial charge in [0.1, 0.15) is 5.58 Å². The fourth-order valence-electron chi connectivity index (χ4n) is 2.40. The quantitative estimate of drug-likeness (QED) is 0.543. The van der Waals surface area contributed by atoms with E-state index in [1.165, 1.54) is 12.1 Å². The summed E-state index contributed by atoms with van der Waals surface area (Å²) in [5.74, 6) is 0. The first-order valence-electron chi connectivity index (χ1n) is 6.75. The van der Waals surface area contributed by atoms with Crippen molar-refractivity contribution in [2.45, 2.75) is 17.5 Å². The molecular formula is C17H11F3O2S. The fraction of sp³-hybridized carbons (Fsp3) is 0.118. The molecule has 0 aliphatic carbocycles. The van der Waals surface area contributed by atoms with Crippen molar-refractivity contribution in [1.82, 2.24) is 0 Å². The van der Waals surface area contributed by atoms with E-state index in [1.54, 1.807) is 6.07 Å². The van der Waals surface area contributed by atoms with Crippen molar-refractivity contribution in [2.24, 2.45) is 0 Å². The fourth-order valence-corrected chi connectivity index (χ4v) is 2.55. The predicted octanol–water partition coefficient (Wildman–Crippen LogP) is 4.69. The molecule has 0 fully saturated rings. The van der Waals surface area contributed by atoms with Gasteiger partial charge in [0.05, 0.1) is 5.56 Å². The van der Waals surface area contributed by atoms with E-state index in [0.29, 0.717) is 18.1 Å². The van der Waals surface area contributed by atoms with Crippen LogP contribution in [0.25, 0.3) is 11.0 Å². The van der Waals surface area contributed by atoms with Crippen molar-refractivity contribution in [1.29, 1.82) is 0 Å². The monoisotopic (exact) mass is 336 g/mol.